The smallest absolute Gasteiger partial charge is 0.254 e. The van der Waals surface area contributed by atoms with Crippen molar-refractivity contribution in [3.05, 3.63) is 59.7 Å². The molecule has 0 aromatic heterocycles. The summed E-state index contributed by atoms with van der Waals surface area (Å²) in [7, 11) is 3.28. The second-order valence-electron chi connectivity index (χ2n) is 9.33. The largest absolute Gasteiger partial charge is 0.493 e. The second-order valence-corrected chi connectivity index (χ2v) is 9.33. The zero-order valence-electron chi connectivity index (χ0n) is 21.6. The summed E-state index contributed by atoms with van der Waals surface area (Å²) in [6.45, 7) is 8.70. The zero-order chi connectivity index (χ0) is 25.0. The number of hydrogen-bond acceptors (Lipinski definition) is 6. The Labute approximate surface area is 210 Å². The molecule has 1 aliphatic rings. The van der Waals surface area contributed by atoms with Crippen LogP contribution >= 0.6 is 0 Å². The summed E-state index contributed by atoms with van der Waals surface area (Å²) in [6, 6.07) is 16.4. The lowest BCUT2D eigenvalue weighted by atomic mass is 10.0. The number of carbonyl (C=O) groups is 1. The minimum atomic E-state index is 0.0133. The Bertz CT molecular complexity index is 906. The molecule has 1 saturated heterocycles. The minimum absolute atomic E-state index is 0.0133. The molecule has 1 aliphatic heterocycles. The van der Waals surface area contributed by atoms with Gasteiger partial charge in [0.15, 0.2) is 11.5 Å². The van der Waals surface area contributed by atoms with E-state index >= 15 is 0 Å². The predicted octanol–water partition coefficient (Wildman–Crippen LogP) is 3.38. The molecule has 2 aromatic carbocycles. The Morgan fingerprint density at radius 3 is 2.60 bits per heavy atom. The van der Waals surface area contributed by atoms with Crippen LogP contribution in [0, 0.1) is 5.92 Å². The van der Waals surface area contributed by atoms with Crippen LogP contribution in [0.3, 0.4) is 0 Å². The fraction of sp³-hybridized carbons (Fsp3) is 0.536. The minimum Gasteiger partial charge on any atom is -0.493 e. The Morgan fingerprint density at radius 2 is 1.89 bits per heavy atom. The number of amides is 1. The van der Waals surface area contributed by atoms with Crippen LogP contribution in [0.25, 0.3) is 0 Å². The Morgan fingerprint density at radius 1 is 1.09 bits per heavy atom. The van der Waals surface area contributed by atoms with Crippen LogP contribution in [0.1, 0.15) is 36.2 Å². The van der Waals surface area contributed by atoms with Crippen molar-refractivity contribution >= 4 is 5.91 Å². The van der Waals surface area contributed by atoms with Crippen LogP contribution in [0.2, 0.25) is 0 Å². The molecule has 0 aliphatic carbocycles. The van der Waals surface area contributed by atoms with Crippen molar-refractivity contribution in [2.75, 3.05) is 53.6 Å². The lowest BCUT2D eigenvalue weighted by Gasteiger charge is -2.32. The van der Waals surface area contributed by atoms with Crippen molar-refractivity contribution < 1.29 is 19.0 Å². The normalized spacial score (nSPS) is 17.5. The number of hydrogen-bond donors (Lipinski definition) is 2. The van der Waals surface area contributed by atoms with Gasteiger partial charge in [-0.25, -0.2) is 0 Å². The maximum Gasteiger partial charge on any atom is 0.254 e. The van der Waals surface area contributed by atoms with Crippen molar-refractivity contribution in [3.8, 4) is 11.5 Å². The van der Waals surface area contributed by atoms with Crippen molar-refractivity contribution in [2.24, 2.45) is 5.92 Å². The Kier molecular flexibility index (Phi) is 10.8. The van der Waals surface area contributed by atoms with E-state index in [-0.39, 0.29) is 11.9 Å². The van der Waals surface area contributed by atoms with Gasteiger partial charge in [0.05, 0.1) is 13.7 Å². The maximum absolute atomic E-state index is 13.6. The quantitative estimate of drug-likeness (QED) is 0.402. The summed E-state index contributed by atoms with van der Waals surface area (Å²) in [5.41, 5.74) is 1.95. The molecule has 1 heterocycles. The van der Waals surface area contributed by atoms with E-state index in [1.54, 1.807) is 20.3 Å². The maximum atomic E-state index is 13.6. The van der Waals surface area contributed by atoms with E-state index in [9.17, 15) is 4.79 Å². The van der Waals surface area contributed by atoms with E-state index in [0.29, 0.717) is 48.8 Å². The van der Waals surface area contributed by atoms with Gasteiger partial charge in [-0.2, -0.15) is 0 Å². The molecule has 1 amide bonds. The molecule has 2 aromatic rings. The monoisotopic (exact) mass is 483 g/mol. The van der Waals surface area contributed by atoms with Crippen LogP contribution in [0.5, 0.6) is 11.5 Å². The first kappa shape index (κ1) is 27.0. The van der Waals surface area contributed by atoms with Gasteiger partial charge in [0.25, 0.3) is 5.91 Å². The summed E-state index contributed by atoms with van der Waals surface area (Å²) in [5.74, 6) is 1.57. The van der Waals surface area contributed by atoms with Gasteiger partial charge in [0, 0.05) is 63.3 Å². The summed E-state index contributed by atoms with van der Waals surface area (Å²) < 4.78 is 16.4. The molecule has 2 atom stereocenters. The van der Waals surface area contributed by atoms with Gasteiger partial charge < -0.3 is 29.7 Å². The van der Waals surface area contributed by atoms with Gasteiger partial charge in [-0.3, -0.25) is 4.79 Å². The van der Waals surface area contributed by atoms with Crippen LogP contribution < -0.4 is 20.1 Å². The number of benzene rings is 2. The van der Waals surface area contributed by atoms with E-state index in [1.807, 2.05) is 23.1 Å². The lowest BCUT2D eigenvalue weighted by Crippen LogP contribution is -2.46. The summed E-state index contributed by atoms with van der Waals surface area (Å²) in [4.78, 5) is 15.5. The average molecular weight is 484 g/mol. The summed E-state index contributed by atoms with van der Waals surface area (Å²) in [6.07, 6.45) is 1.76. The van der Waals surface area contributed by atoms with Crippen molar-refractivity contribution in [1.82, 2.24) is 15.5 Å². The molecule has 0 spiro atoms. The third kappa shape index (κ3) is 7.95. The van der Waals surface area contributed by atoms with E-state index in [2.05, 4.69) is 48.7 Å². The fourth-order valence-electron chi connectivity index (χ4n) is 4.46. The number of nitrogens with one attached hydrogen (secondary N) is 2. The first-order chi connectivity index (χ1) is 17.0. The number of nitrogens with zero attached hydrogens (tertiary/aromatic N) is 1. The molecule has 1 fully saturated rings. The van der Waals surface area contributed by atoms with E-state index in [1.165, 1.54) is 5.56 Å². The third-order valence-corrected chi connectivity index (χ3v) is 6.48. The highest BCUT2D eigenvalue weighted by Gasteiger charge is 2.31. The lowest BCUT2D eigenvalue weighted by molar-refractivity contribution is 0.0668. The molecule has 35 heavy (non-hydrogen) atoms. The van der Waals surface area contributed by atoms with Crippen molar-refractivity contribution in [3.63, 3.8) is 0 Å². The number of carbonyl (C=O) groups excluding carboxylic acids is 1. The molecule has 0 bridgehead atoms. The summed E-state index contributed by atoms with van der Waals surface area (Å²) >= 11 is 0. The number of rotatable bonds is 14. The zero-order valence-corrected chi connectivity index (χ0v) is 21.6. The Hall–Kier alpha value is -2.61. The molecule has 0 radical (unpaired) electrons. The molecule has 3 rings (SSSR count). The van der Waals surface area contributed by atoms with Gasteiger partial charge >= 0.3 is 0 Å². The summed E-state index contributed by atoms with van der Waals surface area (Å²) in [5, 5.41) is 7.22. The second kappa shape index (κ2) is 14.1. The van der Waals surface area contributed by atoms with Gasteiger partial charge in [0.1, 0.15) is 0 Å². The van der Waals surface area contributed by atoms with Gasteiger partial charge in [-0.1, -0.05) is 30.3 Å². The molecule has 0 saturated carbocycles. The molecule has 2 unspecified atom stereocenters. The highest BCUT2D eigenvalue weighted by Crippen LogP contribution is 2.29. The number of methoxy groups -OCH3 is 2. The molecule has 7 heteroatoms. The molecule has 192 valence electrons. The molecule has 7 nitrogen and oxygen atoms in total. The van der Waals surface area contributed by atoms with E-state index in [0.717, 1.165) is 32.5 Å². The van der Waals surface area contributed by atoms with Crippen LogP contribution in [0.15, 0.2) is 48.5 Å². The van der Waals surface area contributed by atoms with Crippen molar-refractivity contribution in [1.29, 1.82) is 0 Å². The highest BCUT2D eigenvalue weighted by molar-refractivity contribution is 5.95. The molecular weight excluding hydrogens is 442 g/mol. The van der Waals surface area contributed by atoms with Crippen LogP contribution in [-0.2, 0) is 11.2 Å². The van der Waals surface area contributed by atoms with Crippen LogP contribution in [-0.4, -0.2) is 76.5 Å². The van der Waals surface area contributed by atoms with Crippen molar-refractivity contribution in [2.45, 2.75) is 38.8 Å². The number of ether oxygens (including phenoxy) is 3. The predicted molar refractivity (Wildman–Crippen MR) is 139 cm³/mol. The molecular formula is C28H41N3O4. The fourth-order valence-corrected chi connectivity index (χ4v) is 4.46. The third-order valence-electron chi connectivity index (χ3n) is 6.48. The first-order valence-electron chi connectivity index (χ1n) is 12.6. The molecule has 2 N–H and O–H groups in total. The van der Waals surface area contributed by atoms with Gasteiger partial charge in [-0.05, 0) is 50.6 Å². The van der Waals surface area contributed by atoms with Gasteiger partial charge in [0.2, 0.25) is 0 Å². The first-order valence-corrected chi connectivity index (χ1v) is 12.6. The Balaban J connectivity index is 1.63. The van der Waals surface area contributed by atoms with Crippen LogP contribution in [0.4, 0.5) is 0 Å². The topological polar surface area (TPSA) is 72.1 Å². The average Bonchev–Trinajstić information content (AvgIpc) is 3.32. The standard InChI is InChI=1S/C28H41N3O4/c1-21(2)31(20-24-18-29-19-25(24)30-14-13-22-9-6-5-7-10-22)28(32)23-11-12-26(34-4)27(17-23)35-16-8-15-33-3/h5-7,9-12,17,21,24-25,29-30H,8,13-16,18-20H2,1-4H3. The SMILES string of the molecule is COCCCOc1cc(C(=O)N(CC2CNCC2NCCc2ccccc2)C(C)C)ccc1OC. The van der Waals surface area contributed by atoms with E-state index < -0.39 is 0 Å². The highest BCUT2D eigenvalue weighted by atomic mass is 16.5. The van der Waals surface area contributed by atoms with E-state index in [4.69, 9.17) is 14.2 Å². The van der Waals surface area contributed by atoms with Gasteiger partial charge in [-0.15, -0.1) is 0 Å².